The zero-order chi connectivity index (χ0) is 15.7. The van der Waals surface area contributed by atoms with Crippen molar-refractivity contribution >= 4 is 16.9 Å². The third kappa shape index (κ3) is 2.99. The van der Waals surface area contributed by atoms with Crippen molar-refractivity contribution in [2.75, 3.05) is 6.54 Å². The number of carbonyl (C=O) groups excluding carboxylic acids is 1. The lowest BCUT2D eigenvalue weighted by molar-refractivity contribution is -0.126. The van der Waals surface area contributed by atoms with Crippen molar-refractivity contribution in [3.63, 3.8) is 0 Å². The van der Waals surface area contributed by atoms with E-state index >= 15 is 0 Å². The summed E-state index contributed by atoms with van der Waals surface area (Å²) in [6, 6.07) is 4.84. The second-order valence-electron chi connectivity index (χ2n) is 6.08. The second kappa shape index (κ2) is 6.08. The zero-order valence-corrected chi connectivity index (χ0v) is 12.9. The van der Waals surface area contributed by atoms with Gasteiger partial charge in [-0.05, 0) is 51.4 Å². The van der Waals surface area contributed by atoms with Crippen molar-refractivity contribution in [2.45, 2.75) is 39.3 Å². The lowest BCUT2D eigenvalue weighted by Crippen LogP contribution is -2.42. The third-order valence-corrected chi connectivity index (χ3v) is 4.41. The maximum Gasteiger partial charge on any atom is 0.223 e. The van der Waals surface area contributed by atoms with Crippen LogP contribution in [0.5, 0.6) is 0 Å². The van der Waals surface area contributed by atoms with E-state index in [0.717, 1.165) is 30.3 Å². The predicted molar refractivity (Wildman–Crippen MR) is 82.9 cm³/mol. The van der Waals surface area contributed by atoms with Gasteiger partial charge in [0.05, 0.1) is 6.54 Å². The molecular weight excluding hydrogens is 283 g/mol. The first-order chi connectivity index (χ1) is 10.5. The molecule has 1 aromatic heterocycles. The van der Waals surface area contributed by atoms with Gasteiger partial charge in [0, 0.05) is 22.9 Å². The van der Waals surface area contributed by atoms with Crippen LogP contribution < -0.4 is 10.6 Å². The highest BCUT2D eigenvalue weighted by Gasteiger charge is 2.24. The van der Waals surface area contributed by atoms with Gasteiger partial charge in [-0.1, -0.05) is 0 Å². The molecule has 2 aromatic rings. The van der Waals surface area contributed by atoms with Gasteiger partial charge < -0.3 is 15.1 Å². The summed E-state index contributed by atoms with van der Waals surface area (Å²) in [6.07, 6.45) is 1.72. The van der Waals surface area contributed by atoms with Crippen LogP contribution in [0.25, 0.3) is 11.0 Å². The fraction of sp³-hybridized carbons (Fsp3) is 0.471. The molecule has 1 fully saturated rings. The molecule has 3 rings (SSSR count). The van der Waals surface area contributed by atoms with E-state index in [1.807, 2.05) is 6.92 Å². The fourth-order valence-electron chi connectivity index (χ4n) is 3.09. The van der Waals surface area contributed by atoms with Crippen LogP contribution in [-0.4, -0.2) is 18.5 Å². The molecule has 22 heavy (non-hydrogen) atoms. The van der Waals surface area contributed by atoms with Gasteiger partial charge in [0.1, 0.15) is 17.2 Å². The van der Waals surface area contributed by atoms with Crippen molar-refractivity contribution in [3.05, 3.63) is 35.3 Å². The van der Waals surface area contributed by atoms with Gasteiger partial charge in [0.15, 0.2) is 0 Å². The van der Waals surface area contributed by atoms with Gasteiger partial charge in [0.25, 0.3) is 0 Å². The SMILES string of the molecule is Cc1c(CNC(=O)[C@H]2CCN[C@@H](C)C2)oc2ccc(F)cc12. The van der Waals surface area contributed by atoms with E-state index in [4.69, 9.17) is 4.42 Å². The van der Waals surface area contributed by atoms with Gasteiger partial charge in [-0.15, -0.1) is 0 Å². The summed E-state index contributed by atoms with van der Waals surface area (Å²) in [5.41, 5.74) is 1.53. The second-order valence-corrected chi connectivity index (χ2v) is 6.08. The van der Waals surface area contributed by atoms with Crippen molar-refractivity contribution in [1.82, 2.24) is 10.6 Å². The van der Waals surface area contributed by atoms with E-state index in [0.29, 0.717) is 23.9 Å². The highest BCUT2D eigenvalue weighted by atomic mass is 19.1. The summed E-state index contributed by atoms with van der Waals surface area (Å²) < 4.78 is 19.0. The molecule has 2 N–H and O–H groups in total. The van der Waals surface area contributed by atoms with Gasteiger partial charge in [-0.25, -0.2) is 4.39 Å². The standard InChI is InChI=1S/C17H21FN2O2/c1-10-7-12(5-6-19-10)17(21)20-9-16-11(2)14-8-13(18)3-4-15(14)22-16/h3-4,8,10,12,19H,5-7,9H2,1-2H3,(H,20,21)/t10-,12-/m0/s1. The Morgan fingerprint density at radius 1 is 1.50 bits per heavy atom. The van der Waals surface area contributed by atoms with E-state index in [9.17, 15) is 9.18 Å². The number of rotatable bonds is 3. The Kier molecular flexibility index (Phi) is 4.16. The van der Waals surface area contributed by atoms with Crippen LogP contribution >= 0.6 is 0 Å². The molecule has 1 amide bonds. The average molecular weight is 304 g/mol. The zero-order valence-electron chi connectivity index (χ0n) is 12.9. The number of halogens is 1. The minimum atomic E-state index is -0.282. The van der Waals surface area contributed by atoms with Gasteiger partial charge >= 0.3 is 0 Å². The quantitative estimate of drug-likeness (QED) is 0.917. The maximum absolute atomic E-state index is 13.3. The maximum atomic E-state index is 13.3. The molecule has 2 atom stereocenters. The first kappa shape index (κ1) is 15.0. The van der Waals surface area contributed by atoms with Crippen LogP contribution in [0.4, 0.5) is 4.39 Å². The summed E-state index contributed by atoms with van der Waals surface area (Å²) in [7, 11) is 0. The highest BCUT2D eigenvalue weighted by Crippen LogP contribution is 2.26. The molecule has 0 radical (unpaired) electrons. The first-order valence-corrected chi connectivity index (χ1v) is 7.73. The fourth-order valence-corrected chi connectivity index (χ4v) is 3.09. The van der Waals surface area contributed by atoms with Crippen LogP contribution in [0, 0.1) is 18.7 Å². The number of piperidine rings is 1. The van der Waals surface area contributed by atoms with Gasteiger partial charge in [0.2, 0.25) is 5.91 Å². The summed E-state index contributed by atoms with van der Waals surface area (Å²) in [6.45, 7) is 5.21. The number of aryl methyl sites for hydroxylation is 1. The Morgan fingerprint density at radius 2 is 2.32 bits per heavy atom. The third-order valence-electron chi connectivity index (χ3n) is 4.41. The van der Waals surface area contributed by atoms with Crippen LogP contribution in [0.1, 0.15) is 31.1 Å². The Balaban J connectivity index is 1.68. The molecule has 4 nitrogen and oxygen atoms in total. The summed E-state index contributed by atoms with van der Waals surface area (Å²) in [5.74, 6) is 0.532. The van der Waals surface area contributed by atoms with E-state index in [-0.39, 0.29) is 17.6 Å². The minimum absolute atomic E-state index is 0.0541. The monoisotopic (exact) mass is 304 g/mol. The Bertz CT molecular complexity index is 695. The molecule has 0 saturated carbocycles. The topological polar surface area (TPSA) is 54.3 Å². The van der Waals surface area contributed by atoms with Crippen molar-refractivity contribution in [2.24, 2.45) is 5.92 Å². The Labute approximate surface area is 129 Å². The molecule has 2 heterocycles. The molecule has 118 valence electrons. The predicted octanol–water partition coefficient (Wildman–Crippen LogP) is 2.88. The van der Waals surface area contributed by atoms with Crippen LogP contribution in [0.15, 0.2) is 22.6 Å². The number of hydrogen-bond donors (Lipinski definition) is 2. The highest BCUT2D eigenvalue weighted by molar-refractivity contribution is 5.82. The van der Waals surface area contributed by atoms with Crippen LogP contribution in [-0.2, 0) is 11.3 Å². The smallest absolute Gasteiger partial charge is 0.223 e. The van der Waals surface area contributed by atoms with Crippen molar-refractivity contribution in [1.29, 1.82) is 0 Å². The van der Waals surface area contributed by atoms with Crippen molar-refractivity contribution in [3.8, 4) is 0 Å². The number of furan rings is 1. The number of hydrogen-bond acceptors (Lipinski definition) is 3. The van der Waals surface area contributed by atoms with Gasteiger partial charge in [-0.2, -0.15) is 0 Å². The molecule has 0 spiro atoms. The number of carbonyl (C=O) groups is 1. The largest absolute Gasteiger partial charge is 0.459 e. The van der Waals surface area contributed by atoms with E-state index in [1.54, 1.807) is 6.07 Å². The number of nitrogens with one attached hydrogen (secondary N) is 2. The molecular formula is C17H21FN2O2. The molecule has 0 unspecified atom stereocenters. The number of fused-ring (bicyclic) bond motifs is 1. The lowest BCUT2D eigenvalue weighted by atomic mass is 9.92. The minimum Gasteiger partial charge on any atom is -0.459 e. The Morgan fingerprint density at radius 3 is 3.09 bits per heavy atom. The van der Waals surface area contributed by atoms with Crippen LogP contribution in [0.2, 0.25) is 0 Å². The van der Waals surface area contributed by atoms with E-state index < -0.39 is 0 Å². The molecule has 1 saturated heterocycles. The number of amides is 1. The lowest BCUT2D eigenvalue weighted by Gasteiger charge is -2.26. The molecule has 0 aliphatic carbocycles. The molecule has 1 aromatic carbocycles. The molecule has 1 aliphatic heterocycles. The molecule has 0 bridgehead atoms. The number of benzene rings is 1. The summed E-state index contributed by atoms with van der Waals surface area (Å²) in [4.78, 5) is 12.3. The molecule has 5 heteroatoms. The van der Waals surface area contributed by atoms with Crippen LogP contribution in [0.3, 0.4) is 0 Å². The normalized spacial score (nSPS) is 22.0. The van der Waals surface area contributed by atoms with E-state index in [1.165, 1.54) is 12.1 Å². The Hall–Kier alpha value is -1.88. The first-order valence-electron chi connectivity index (χ1n) is 7.73. The summed E-state index contributed by atoms with van der Waals surface area (Å²) >= 11 is 0. The van der Waals surface area contributed by atoms with Gasteiger partial charge in [-0.3, -0.25) is 4.79 Å². The van der Waals surface area contributed by atoms with Crippen molar-refractivity contribution < 1.29 is 13.6 Å². The van der Waals surface area contributed by atoms with E-state index in [2.05, 4.69) is 17.6 Å². The average Bonchev–Trinajstić information content (AvgIpc) is 2.81. The summed E-state index contributed by atoms with van der Waals surface area (Å²) in [5, 5.41) is 7.05. The molecule has 1 aliphatic rings.